The topological polar surface area (TPSA) is 126 Å². The lowest BCUT2D eigenvalue weighted by Crippen LogP contribution is -2.12. The van der Waals surface area contributed by atoms with Gasteiger partial charge < -0.3 is 9.47 Å². The standard InChI is InChI=1S/C27H28N4O5S2/c1-2-35-26(32)22-17-37-27(29-22)31-24(19-11-7-4-8-12-19)25(23(30-31)18-9-5-3-6-10-18)36-20-13-15-21(16-14-20)38(28,33)34/h3,5-6,9-10,13-17,19H,2,4,7-8,11-12H2,1H3,(H2,28,33,34). The van der Waals surface area contributed by atoms with Crippen molar-refractivity contribution < 1.29 is 22.7 Å². The summed E-state index contributed by atoms with van der Waals surface area (Å²) in [6, 6.07) is 15.7. The summed E-state index contributed by atoms with van der Waals surface area (Å²) in [5.41, 5.74) is 2.61. The summed E-state index contributed by atoms with van der Waals surface area (Å²) in [6.07, 6.45) is 5.29. The Balaban J connectivity index is 1.66. The van der Waals surface area contributed by atoms with Crippen molar-refractivity contribution >= 4 is 27.3 Å². The van der Waals surface area contributed by atoms with E-state index < -0.39 is 16.0 Å². The summed E-state index contributed by atoms with van der Waals surface area (Å²) in [7, 11) is -3.83. The van der Waals surface area contributed by atoms with Crippen molar-refractivity contribution in [2.75, 3.05) is 6.61 Å². The number of esters is 1. The molecule has 5 rings (SSSR count). The summed E-state index contributed by atoms with van der Waals surface area (Å²) in [6.45, 7) is 2.02. The van der Waals surface area contributed by atoms with Gasteiger partial charge in [0.05, 0.1) is 17.2 Å². The van der Waals surface area contributed by atoms with E-state index in [1.54, 1.807) is 29.1 Å². The Morgan fingerprint density at radius 3 is 2.45 bits per heavy atom. The first-order valence-electron chi connectivity index (χ1n) is 12.5. The maximum atomic E-state index is 12.3. The molecule has 2 aromatic heterocycles. The molecule has 0 aliphatic heterocycles. The zero-order chi connectivity index (χ0) is 26.7. The molecule has 1 saturated carbocycles. The number of sulfonamides is 1. The van der Waals surface area contributed by atoms with Crippen molar-refractivity contribution in [3.05, 3.63) is 71.4 Å². The fraction of sp³-hybridized carbons (Fsp3) is 0.296. The molecule has 0 bridgehead atoms. The SMILES string of the molecule is CCOC(=O)c1csc(-n2nc(-c3ccccc3)c(Oc3ccc(S(N)(=O)=O)cc3)c2C2CCCCC2)n1. The number of primary sulfonamides is 1. The van der Waals surface area contributed by atoms with Crippen molar-refractivity contribution in [3.63, 3.8) is 0 Å². The number of rotatable bonds is 8. The predicted octanol–water partition coefficient (Wildman–Crippen LogP) is 5.66. The highest BCUT2D eigenvalue weighted by Crippen LogP contribution is 2.45. The molecule has 2 aromatic carbocycles. The molecule has 0 radical (unpaired) electrons. The van der Waals surface area contributed by atoms with Crippen LogP contribution in [0.4, 0.5) is 0 Å². The molecule has 2 N–H and O–H groups in total. The van der Waals surface area contributed by atoms with Crippen LogP contribution in [0.2, 0.25) is 0 Å². The lowest BCUT2D eigenvalue weighted by atomic mass is 9.86. The van der Waals surface area contributed by atoms with Gasteiger partial charge >= 0.3 is 5.97 Å². The monoisotopic (exact) mass is 552 g/mol. The Bertz CT molecular complexity index is 1520. The molecule has 0 atom stereocenters. The molecule has 0 amide bonds. The summed E-state index contributed by atoms with van der Waals surface area (Å²) in [5, 5.41) is 12.5. The van der Waals surface area contributed by atoms with Gasteiger partial charge in [-0.1, -0.05) is 49.6 Å². The molecular formula is C27H28N4O5S2. The quantitative estimate of drug-likeness (QED) is 0.280. The Labute approximate surface area is 225 Å². The van der Waals surface area contributed by atoms with Crippen LogP contribution in [0, 0.1) is 0 Å². The van der Waals surface area contributed by atoms with Crippen LogP contribution in [-0.2, 0) is 14.8 Å². The molecule has 1 aliphatic rings. The second-order valence-corrected chi connectivity index (χ2v) is 11.4. The molecule has 2 heterocycles. The van der Waals surface area contributed by atoms with E-state index >= 15 is 0 Å². The lowest BCUT2D eigenvalue weighted by molar-refractivity contribution is 0.0520. The van der Waals surface area contributed by atoms with Crippen LogP contribution in [0.1, 0.15) is 61.1 Å². The number of nitrogens with zero attached hydrogens (tertiary/aromatic N) is 3. The van der Waals surface area contributed by atoms with E-state index in [2.05, 4.69) is 4.98 Å². The fourth-order valence-corrected chi connectivity index (χ4v) is 5.93. The summed E-state index contributed by atoms with van der Waals surface area (Å²) in [4.78, 5) is 16.9. The van der Waals surface area contributed by atoms with E-state index in [-0.39, 0.29) is 23.1 Å². The van der Waals surface area contributed by atoms with Gasteiger partial charge in [0, 0.05) is 16.9 Å². The van der Waals surface area contributed by atoms with Crippen LogP contribution >= 0.6 is 11.3 Å². The van der Waals surface area contributed by atoms with Crippen molar-refractivity contribution in [2.24, 2.45) is 5.14 Å². The van der Waals surface area contributed by atoms with E-state index in [1.165, 1.54) is 29.9 Å². The van der Waals surface area contributed by atoms with Crippen LogP contribution in [0.25, 0.3) is 16.4 Å². The highest BCUT2D eigenvalue weighted by molar-refractivity contribution is 7.89. The maximum Gasteiger partial charge on any atom is 0.357 e. The first-order chi connectivity index (χ1) is 18.3. The van der Waals surface area contributed by atoms with Gasteiger partial charge in [-0.25, -0.2) is 28.0 Å². The normalized spacial score (nSPS) is 14.4. The summed E-state index contributed by atoms with van der Waals surface area (Å²) in [5.74, 6) is 0.732. The lowest BCUT2D eigenvalue weighted by Gasteiger charge is -2.23. The van der Waals surface area contributed by atoms with E-state index in [4.69, 9.17) is 19.7 Å². The molecule has 4 aromatic rings. The molecule has 198 valence electrons. The zero-order valence-electron chi connectivity index (χ0n) is 20.9. The Kier molecular flexibility index (Phi) is 7.59. The fourth-order valence-electron chi connectivity index (χ4n) is 4.66. The van der Waals surface area contributed by atoms with Gasteiger partial charge in [0.25, 0.3) is 0 Å². The number of hydrogen-bond acceptors (Lipinski definition) is 8. The van der Waals surface area contributed by atoms with Crippen LogP contribution < -0.4 is 9.88 Å². The first kappa shape index (κ1) is 26.1. The molecule has 0 unspecified atom stereocenters. The van der Waals surface area contributed by atoms with Gasteiger partial charge in [-0.3, -0.25) is 0 Å². The molecule has 9 nitrogen and oxygen atoms in total. The molecule has 0 spiro atoms. The van der Waals surface area contributed by atoms with E-state index in [0.29, 0.717) is 22.3 Å². The van der Waals surface area contributed by atoms with Gasteiger partial charge in [-0.05, 0) is 44.0 Å². The van der Waals surface area contributed by atoms with Crippen LogP contribution in [-0.4, -0.2) is 35.8 Å². The smallest absolute Gasteiger partial charge is 0.357 e. The number of carbonyl (C=O) groups excluding carboxylic acids is 1. The van der Waals surface area contributed by atoms with Crippen LogP contribution in [0.15, 0.2) is 64.9 Å². The van der Waals surface area contributed by atoms with Crippen molar-refractivity contribution in [1.29, 1.82) is 0 Å². The van der Waals surface area contributed by atoms with Gasteiger partial charge in [0.15, 0.2) is 11.4 Å². The van der Waals surface area contributed by atoms with E-state index in [0.717, 1.165) is 36.9 Å². The molecule has 1 fully saturated rings. The van der Waals surface area contributed by atoms with Crippen molar-refractivity contribution in [3.8, 4) is 27.9 Å². The largest absolute Gasteiger partial charge is 0.461 e. The van der Waals surface area contributed by atoms with Crippen LogP contribution in [0.5, 0.6) is 11.5 Å². The summed E-state index contributed by atoms with van der Waals surface area (Å²) < 4.78 is 36.9. The second kappa shape index (κ2) is 11.1. The van der Waals surface area contributed by atoms with Gasteiger partial charge in [0.2, 0.25) is 15.2 Å². The third-order valence-electron chi connectivity index (χ3n) is 6.44. The van der Waals surface area contributed by atoms with E-state index in [1.807, 2.05) is 30.3 Å². The number of thiazole rings is 1. The van der Waals surface area contributed by atoms with Gasteiger partial charge in [-0.15, -0.1) is 11.3 Å². The number of hydrogen-bond donors (Lipinski definition) is 1. The summed E-state index contributed by atoms with van der Waals surface area (Å²) >= 11 is 1.32. The van der Waals surface area contributed by atoms with E-state index in [9.17, 15) is 13.2 Å². The number of nitrogens with two attached hydrogens (primary N) is 1. The number of carbonyl (C=O) groups is 1. The first-order valence-corrected chi connectivity index (χ1v) is 14.9. The van der Waals surface area contributed by atoms with Crippen molar-refractivity contribution in [2.45, 2.75) is 49.8 Å². The number of aromatic nitrogens is 3. The predicted molar refractivity (Wildman–Crippen MR) is 144 cm³/mol. The Morgan fingerprint density at radius 2 is 1.79 bits per heavy atom. The molecule has 38 heavy (non-hydrogen) atoms. The van der Waals surface area contributed by atoms with Crippen LogP contribution in [0.3, 0.4) is 0 Å². The third kappa shape index (κ3) is 5.50. The van der Waals surface area contributed by atoms with Gasteiger partial charge in [0.1, 0.15) is 11.4 Å². The second-order valence-electron chi connectivity index (χ2n) is 9.03. The highest BCUT2D eigenvalue weighted by atomic mass is 32.2. The molecule has 11 heteroatoms. The Morgan fingerprint density at radius 1 is 1.08 bits per heavy atom. The molecule has 0 saturated heterocycles. The molecular weight excluding hydrogens is 524 g/mol. The highest BCUT2D eigenvalue weighted by Gasteiger charge is 2.31. The van der Waals surface area contributed by atoms with Crippen molar-refractivity contribution in [1.82, 2.24) is 14.8 Å². The average Bonchev–Trinajstić information content (AvgIpc) is 3.55. The minimum absolute atomic E-state index is 0.00520. The maximum absolute atomic E-state index is 12.3. The zero-order valence-corrected chi connectivity index (χ0v) is 22.5. The average molecular weight is 553 g/mol. The minimum atomic E-state index is -3.83. The number of ether oxygens (including phenoxy) is 2. The van der Waals surface area contributed by atoms with Gasteiger partial charge in [-0.2, -0.15) is 5.10 Å². The molecule has 1 aliphatic carbocycles. The Hall–Kier alpha value is -3.54. The number of benzene rings is 2. The minimum Gasteiger partial charge on any atom is -0.461 e. The third-order valence-corrected chi connectivity index (χ3v) is 8.19.